The first-order chi connectivity index (χ1) is 13.9. The van der Waals surface area contributed by atoms with E-state index in [4.69, 9.17) is 4.74 Å². The average Bonchev–Trinajstić information content (AvgIpc) is 2.73. The molecule has 0 amide bonds. The lowest BCUT2D eigenvalue weighted by molar-refractivity contribution is -0.142. The molecule has 0 atom stereocenters. The van der Waals surface area contributed by atoms with Crippen LogP contribution in [0.2, 0.25) is 0 Å². The molecular weight excluding hydrogens is 424 g/mol. The third kappa shape index (κ3) is 6.07. The topological polar surface area (TPSA) is 63.6 Å². The van der Waals surface area contributed by atoms with Crippen LogP contribution >= 0.6 is 35.3 Å². The van der Waals surface area contributed by atoms with E-state index in [1.807, 2.05) is 61.2 Å². The molecule has 1 N–H and O–H groups in total. The second-order valence-corrected chi connectivity index (χ2v) is 8.52. The molecule has 0 aliphatic heterocycles. The molecule has 2 rings (SSSR count). The van der Waals surface area contributed by atoms with Gasteiger partial charge < -0.3 is 9.84 Å². The van der Waals surface area contributed by atoms with Crippen LogP contribution in [-0.2, 0) is 14.3 Å². The summed E-state index contributed by atoms with van der Waals surface area (Å²) in [5, 5.41) is 9.46. The Labute approximate surface area is 184 Å². The number of hydrogen-bond acceptors (Lipinski definition) is 6. The van der Waals surface area contributed by atoms with E-state index in [1.165, 1.54) is 0 Å². The van der Waals surface area contributed by atoms with Crippen molar-refractivity contribution in [2.45, 2.75) is 28.0 Å². The standard InChI is InChI=1S/C22H24O4S3/c1-5-26-22(25)17(13-20(23)24)21(14-6-9-16(27-2)10-7-14)15-8-11-18(28-3)19(12-15)29-4/h6-12H,5,13H2,1-4H3,(H,23,24)/b21-17+. The van der Waals surface area contributed by atoms with Gasteiger partial charge >= 0.3 is 11.9 Å². The highest BCUT2D eigenvalue weighted by molar-refractivity contribution is 8.01. The van der Waals surface area contributed by atoms with E-state index < -0.39 is 18.4 Å². The molecule has 0 unspecified atom stereocenters. The number of ether oxygens (including phenoxy) is 1. The first kappa shape index (κ1) is 23.4. The van der Waals surface area contributed by atoms with Crippen molar-refractivity contribution < 1.29 is 19.4 Å². The van der Waals surface area contributed by atoms with Gasteiger partial charge in [0.2, 0.25) is 0 Å². The third-order valence-corrected chi connectivity index (χ3v) is 6.65. The van der Waals surface area contributed by atoms with Gasteiger partial charge in [0, 0.05) is 14.7 Å². The Morgan fingerprint density at radius 2 is 1.52 bits per heavy atom. The molecule has 0 aromatic heterocycles. The van der Waals surface area contributed by atoms with Crippen molar-refractivity contribution in [2.24, 2.45) is 0 Å². The summed E-state index contributed by atoms with van der Waals surface area (Å²) in [6.45, 7) is 1.89. The van der Waals surface area contributed by atoms with Gasteiger partial charge in [0.15, 0.2) is 0 Å². The Bertz CT molecular complexity index is 905. The zero-order valence-electron chi connectivity index (χ0n) is 16.9. The zero-order chi connectivity index (χ0) is 21.4. The van der Waals surface area contributed by atoms with Gasteiger partial charge in [0.1, 0.15) is 0 Å². The predicted molar refractivity (Wildman–Crippen MR) is 123 cm³/mol. The second-order valence-electron chi connectivity index (χ2n) is 5.94. The fourth-order valence-corrected chi connectivity index (χ4v) is 4.78. The second kappa shape index (κ2) is 11.4. The lowest BCUT2D eigenvalue weighted by atomic mass is 9.91. The Kier molecular flexibility index (Phi) is 9.20. The largest absolute Gasteiger partial charge is 0.481 e. The zero-order valence-corrected chi connectivity index (χ0v) is 19.3. The highest BCUT2D eigenvalue weighted by atomic mass is 32.2. The molecular formula is C22H24O4S3. The highest BCUT2D eigenvalue weighted by Gasteiger charge is 2.23. The van der Waals surface area contributed by atoms with Crippen LogP contribution in [0.3, 0.4) is 0 Å². The normalized spacial score (nSPS) is 11.7. The first-order valence-electron chi connectivity index (χ1n) is 8.94. The Morgan fingerprint density at radius 3 is 2.03 bits per heavy atom. The number of aliphatic carboxylic acids is 1. The van der Waals surface area contributed by atoms with E-state index >= 15 is 0 Å². The van der Waals surface area contributed by atoms with Gasteiger partial charge in [-0.15, -0.1) is 35.3 Å². The molecule has 0 fully saturated rings. The van der Waals surface area contributed by atoms with Gasteiger partial charge in [-0.25, -0.2) is 4.79 Å². The molecule has 0 aliphatic carbocycles. The summed E-state index contributed by atoms with van der Waals surface area (Å²) in [5.74, 6) is -1.67. The van der Waals surface area contributed by atoms with Crippen LogP contribution < -0.4 is 0 Å². The van der Waals surface area contributed by atoms with Gasteiger partial charge in [-0.3, -0.25) is 4.79 Å². The summed E-state index contributed by atoms with van der Waals surface area (Å²) in [5.41, 5.74) is 2.34. The Hall–Kier alpha value is -1.83. The number of carbonyl (C=O) groups excluding carboxylic acids is 1. The molecule has 2 aromatic rings. The maximum atomic E-state index is 12.7. The van der Waals surface area contributed by atoms with Crippen LogP contribution in [0.15, 0.2) is 62.7 Å². The van der Waals surface area contributed by atoms with Crippen LogP contribution in [0.25, 0.3) is 5.57 Å². The van der Waals surface area contributed by atoms with E-state index in [1.54, 1.807) is 42.2 Å². The van der Waals surface area contributed by atoms with Crippen LogP contribution in [0, 0.1) is 0 Å². The maximum Gasteiger partial charge on any atom is 0.335 e. The van der Waals surface area contributed by atoms with Crippen LogP contribution in [0.5, 0.6) is 0 Å². The molecule has 0 radical (unpaired) electrons. The van der Waals surface area contributed by atoms with E-state index in [0.717, 1.165) is 25.8 Å². The highest BCUT2D eigenvalue weighted by Crippen LogP contribution is 2.36. The molecule has 0 heterocycles. The van der Waals surface area contributed by atoms with Gasteiger partial charge in [-0.05, 0) is 66.7 Å². The third-order valence-electron chi connectivity index (χ3n) is 4.20. The van der Waals surface area contributed by atoms with E-state index in [-0.39, 0.29) is 12.2 Å². The molecule has 0 saturated carbocycles. The van der Waals surface area contributed by atoms with Crippen molar-refractivity contribution in [1.29, 1.82) is 0 Å². The predicted octanol–water partition coefficient (Wildman–Crippen LogP) is 5.69. The Balaban J connectivity index is 2.78. The molecule has 0 spiro atoms. The van der Waals surface area contributed by atoms with Crippen molar-refractivity contribution in [3.8, 4) is 0 Å². The quantitative estimate of drug-likeness (QED) is 0.300. The average molecular weight is 449 g/mol. The number of benzene rings is 2. The summed E-state index contributed by atoms with van der Waals surface area (Å²) < 4.78 is 5.20. The molecule has 29 heavy (non-hydrogen) atoms. The first-order valence-corrected chi connectivity index (χ1v) is 12.6. The summed E-state index contributed by atoms with van der Waals surface area (Å²) in [7, 11) is 0. The molecule has 4 nitrogen and oxygen atoms in total. The van der Waals surface area contributed by atoms with Crippen molar-refractivity contribution in [2.75, 3.05) is 25.4 Å². The number of thioether (sulfide) groups is 3. The number of carbonyl (C=O) groups is 2. The van der Waals surface area contributed by atoms with Crippen LogP contribution in [-0.4, -0.2) is 42.4 Å². The van der Waals surface area contributed by atoms with Crippen molar-refractivity contribution in [3.05, 3.63) is 59.2 Å². The minimum atomic E-state index is -1.07. The number of esters is 1. The monoisotopic (exact) mass is 448 g/mol. The minimum absolute atomic E-state index is 0.153. The minimum Gasteiger partial charge on any atom is -0.481 e. The smallest absolute Gasteiger partial charge is 0.335 e. The lowest BCUT2D eigenvalue weighted by Gasteiger charge is -2.17. The number of hydrogen-bond donors (Lipinski definition) is 1. The molecule has 0 saturated heterocycles. The van der Waals surface area contributed by atoms with Gasteiger partial charge in [0.25, 0.3) is 0 Å². The fourth-order valence-electron chi connectivity index (χ4n) is 2.90. The van der Waals surface area contributed by atoms with E-state index in [0.29, 0.717) is 5.57 Å². The van der Waals surface area contributed by atoms with E-state index in [2.05, 4.69) is 0 Å². The summed E-state index contributed by atoms with van der Waals surface area (Å²) in [4.78, 5) is 27.6. The molecule has 0 bridgehead atoms. The summed E-state index contributed by atoms with van der Waals surface area (Å²) in [6, 6.07) is 13.7. The fraction of sp³-hybridized carbons (Fsp3) is 0.273. The van der Waals surface area contributed by atoms with Crippen LogP contribution in [0.4, 0.5) is 0 Å². The SMILES string of the molecule is CCOC(=O)/C(CC(=O)O)=C(\c1ccc(SC)cc1)c1ccc(SC)c(SC)c1. The Morgan fingerprint density at radius 1 is 0.897 bits per heavy atom. The van der Waals surface area contributed by atoms with E-state index in [9.17, 15) is 14.7 Å². The maximum absolute atomic E-state index is 12.7. The summed E-state index contributed by atoms with van der Waals surface area (Å²) in [6.07, 6.45) is 5.60. The molecule has 154 valence electrons. The number of rotatable bonds is 9. The summed E-state index contributed by atoms with van der Waals surface area (Å²) >= 11 is 4.89. The lowest BCUT2D eigenvalue weighted by Crippen LogP contribution is -2.14. The molecule has 7 heteroatoms. The van der Waals surface area contributed by atoms with Crippen molar-refractivity contribution in [3.63, 3.8) is 0 Å². The van der Waals surface area contributed by atoms with Crippen molar-refractivity contribution >= 4 is 52.8 Å². The number of carboxylic acids is 1. The van der Waals surface area contributed by atoms with Crippen molar-refractivity contribution in [1.82, 2.24) is 0 Å². The molecule has 2 aromatic carbocycles. The van der Waals surface area contributed by atoms with Crippen LogP contribution in [0.1, 0.15) is 24.5 Å². The van der Waals surface area contributed by atoms with Gasteiger partial charge in [0.05, 0.1) is 18.6 Å². The van der Waals surface area contributed by atoms with Gasteiger partial charge in [-0.1, -0.05) is 18.2 Å². The molecule has 0 aliphatic rings. The van der Waals surface area contributed by atoms with Gasteiger partial charge in [-0.2, -0.15) is 0 Å². The number of carboxylic acid groups (broad SMARTS) is 1.